The summed E-state index contributed by atoms with van der Waals surface area (Å²) in [7, 11) is 0. The molecular weight excluding hydrogens is 432 g/mol. The number of carbonyl (C=O) groups is 1. The molecule has 2 aliphatic rings. The molecule has 0 atom stereocenters. The Balaban J connectivity index is 1.37. The van der Waals surface area contributed by atoms with Crippen LogP contribution in [0.25, 0.3) is 0 Å². The van der Waals surface area contributed by atoms with Crippen LogP contribution in [0.15, 0.2) is 41.5 Å². The van der Waals surface area contributed by atoms with Crippen LogP contribution in [0.3, 0.4) is 0 Å². The molecule has 0 bridgehead atoms. The molecule has 1 N–H and O–H groups in total. The first-order valence-corrected chi connectivity index (χ1v) is 12.2. The largest absolute Gasteiger partial charge is 0.474 e. The summed E-state index contributed by atoms with van der Waals surface area (Å²) in [5.74, 6) is 0.984. The first-order chi connectivity index (χ1) is 16.7. The van der Waals surface area contributed by atoms with Gasteiger partial charge in [-0.3, -0.25) is 10.2 Å². The van der Waals surface area contributed by atoms with E-state index in [-0.39, 0.29) is 25.1 Å². The second-order valence-electron chi connectivity index (χ2n) is 8.78. The standard InChI is InChI=1S/C26H34N4O4/c1-20-6-5-7-21(16-20)19-27-29-24-17-23(30-10-12-32-13-11-30)18-25(28-24)33-14-15-34-26(31)22-8-3-2-4-9-22/h5-7,16-19,22H,2-4,8-15H2,1H3,(H,28,29). The lowest BCUT2D eigenvalue weighted by Gasteiger charge is -2.29. The maximum atomic E-state index is 12.2. The van der Waals surface area contributed by atoms with Crippen molar-refractivity contribution < 1.29 is 19.0 Å². The van der Waals surface area contributed by atoms with Gasteiger partial charge in [0.25, 0.3) is 0 Å². The number of anilines is 2. The van der Waals surface area contributed by atoms with Crippen molar-refractivity contribution in [3.8, 4) is 5.88 Å². The number of nitrogens with one attached hydrogen (secondary N) is 1. The monoisotopic (exact) mass is 466 g/mol. The van der Waals surface area contributed by atoms with Crippen molar-refractivity contribution in [3.63, 3.8) is 0 Å². The molecule has 1 saturated heterocycles. The normalized spacial score (nSPS) is 17.0. The summed E-state index contributed by atoms with van der Waals surface area (Å²) in [4.78, 5) is 19.0. The Bertz CT molecular complexity index is 969. The fourth-order valence-corrected chi connectivity index (χ4v) is 4.29. The van der Waals surface area contributed by atoms with E-state index >= 15 is 0 Å². The van der Waals surface area contributed by atoms with E-state index in [4.69, 9.17) is 14.2 Å². The van der Waals surface area contributed by atoms with Crippen LogP contribution in [-0.4, -0.2) is 56.7 Å². The first-order valence-electron chi connectivity index (χ1n) is 12.2. The van der Waals surface area contributed by atoms with Gasteiger partial charge < -0.3 is 19.1 Å². The number of rotatable bonds is 9. The zero-order valence-electron chi connectivity index (χ0n) is 19.9. The highest BCUT2D eigenvalue weighted by Crippen LogP contribution is 2.26. The molecule has 0 amide bonds. The molecule has 1 saturated carbocycles. The molecule has 2 fully saturated rings. The molecular formula is C26H34N4O4. The minimum absolute atomic E-state index is 0.0404. The summed E-state index contributed by atoms with van der Waals surface area (Å²) in [6.45, 7) is 5.49. The Morgan fingerprint density at radius 3 is 2.79 bits per heavy atom. The summed E-state index contributed by atoms with van der Waals surface area (Å²) in [6.07, 6.45) is 7.06. The Morgan fingerprint density at radius 1 is 1.18 bits per heavy atom. The number of morpholine rings is 1. The molecule has 0 spiro atoms. The number of hydrazone groups is 1. The van der Waals surface area contributed by atoms with Gasteiger partial charge in [0.15, 0.2) is 5.82 Å². The maximum Gasteiger partial charge on any atom is 0.309 e. The number of aryl methyl sites for hydroxylation is 1. The van der Waals surface area contributed by atoms with Crippen LogP contribution in [0.1, 0.15) is 43.2 Å². The smallest absolute Gasteiger partial charge is 0.309 e. The number of nitrogens with zero attached hydrogens (tertiary/aromatic N) is 3. The van der Waals surface area contributed by atoms with E-state index in [1.165, 1.54) is 12.0 Å². The van der Waals surface area contributed by atoms with Gasteiger partial charge >= 0.3 is 5.97 Å². The average Bonchev–Trinajstić information content (AvgIpc) is 2.87. The average molecular weight is 467 g/mol. The molecule has 34 heavy (non-hydrogen) atoms. The highest BCUT2D eigenvalue weighted by molar-refractivity contribution is 5.80. The van der Waals surface area contributed by atoms with Crippen molar-refractivity contribution in [1.29, 1.82) is 0 Å². The molecule has 2 heterocycles. The minimum Gasteiger partial charge on any atom is -0.474 e. The predicted octanol–water partition coefficient (Wildman–Crippen LogP) is 4.17. The predicted molar refractivity (Wildman–Crippen MR) is 133 cm³/mol. The van der Waals surface area contributed by atoms with Gasteiger partial charge in [-0.15, -0.1) is 0 Å². The van der Waals surface area contributed by atoms with Crippen LogP contribution in [-0.2, 0) is 14.3 Å². The Labute approximate surface area is 201 Å². The number of hydrogen-bond acceptors (Lipinski definition) is 8. The molecule has 2 aromatic rings. The van der Waals surface area contributed by atoms with Gasteiger partial charge in [-0.25, -0.2) is 0 Å². The van der Waals surface area contributed by atoms with E-state index in [0.717, 1.165) is 50.0 Å². The lowest BCUT2D eigenvalue weighted by molar-refractivity contribution is -0.150. The molecule has 1 aliphatic carbocycles. The number of aromatic nitrogens is 1. The van der Waals surface area contributed by atoms with Crippen LogP contribution in [0.5, 0.6) is 5.88 Å². The SMILES string of the molecule is Cc1cccc(C=NNc2cc(N3CCOCC3)cc(OCCOC(=O)C3CCCCC3)n2)c1. The van der Waals surface area contributed by atoms with Crippen LogP contribution >= 0.6 is 0 Å². The summed E-state index contributed by atoms with van der Waals surface area (Å²) in [5.41, 5.74) is 6.19. The van der Waals surface area contributed by atoms with Crippen LogP contribution in [0.2, 0.25) is 0 Å². The molecule has 1 aromatic carbocycles. The Kier molecular flexibility index (Phi) is 8.73. The maximum absolute atomic E-state index is 12.2. The fourth-order valence-electron chi connectivity index (χ4n) is 4.29. The lowest BCUT2D eigenvalue weighted by Crippen LogP contribution is -2.36. The van der Waals surface area contributed by atoms with Gasteiger partial charge in [-0.2, -0.15) is 10.1 Å². The molecule has 182 valence electrons. The molecule has 8 nitrogen and oxygen atoms in total. The molecule has 8 heteroatoms. The third-order valence-electron chi connectivity index (χ3n) is 6.11. The molecule has 1 aromatic heterocycles. The number of hydrogen-bond donors (Lipinski definition) is 1. The van der Waals surface area contributed by atoms with Crippen LogP contribution in [0.4, 0.5) is 11.5 Å². The van der Waals surface area contributed by atoms with E-state index in [1.807, 2.05) is 37.3 Å². The van der Waals surface area contributed by atoms with Crippen molar-refractivity contribution in [1.82, 2.24) is 4.98 Å². The molecule has 4 rings (SSSR count). The Morgan fingerprint density at radius 2 is 2.00 bits per heavy atom. The fraction of sp³-hybridized carbons (Fsp3) is 0.500. The van der Waals surface area contributed by atoms with Crippen molar-refractivity contribution in [2.24, 2.45) is 11.0 Å². The van der Waals surface area contributed by atoms with E-state index < -0.39 is 0 Å². The summed E-state index contributed by atoms with van der Waals surface area (Å²) < 4.78 is 16.8. The topological polar surface area (TPSA) is 85.3 Å². The second kappa shape index (κ2) is 12.4. The molecule has 0 unspecified atom stereocenters. The van der Waals surface area contributed by atoms with Gasteiger partial charge in [-0.1, -0.05) is 49.1 Å². The van der Waals surface area contributed by atoms with Crippen LogP contribution < -0.4 is 15.1 Å². The molecule has 1 aliphatic heterocycles. The highest BCUT2D eigenvalue weighted by Gasteiger charge is 2.22. The quantitative estimate of drug-likeness (QED) is 0.257. The number of benzene rings is 1. The second-order valence-corrected chi connectivity index (χ2v) is 8.78. The molecule has 0 radical (unpaired) electrons. The third kappa shape index (κ3) is 7.18. The lowest BCUT2D eigenvalue weighted by atomic mass is 9.89. The summed E-state index contributed by atoms with van der Waals surface area (Å²) >= 11 is 0. The Hall–Kier alpha value is -3.13. The van der Waals surface area contributed by atoms with E-state index in [0.29, 0.717) is 24.9 Å². The van der Waals surface area contributed by atoms with Crippen molar-refractivity contribution in [2.75, 3.05) is 49.8 Å². The zero-order valence-corrected chi connectivity index (χ0v) is 19.9. The van der Waals surface area contributed by atoms with E-state index in [2.05, 4.69) is 26.5 Å². The van der Waals surface area contributed by atoms with Gasteiger partial charge in [0, 0.05) is 30.9 Å². The van der Waals surface area contributed by atoms with Crippen molar-refractivity contribution >= 4 is 23.7 Å². The minimum atomic E-state index is -0.105. The zero-order chi connectivity index (χ0) is 23.6. The van der Waals surface area contributed by atoms with Crippen molar-refractivity contribution in [2.45, 2.75) is 39.0 Å². The third-order valence-corrected chi connectivity index (χ3v) is 6.11. The van der Waals surface area contributed by atoms with E-state index in [1.54, 1.807) is 6.21 Å². The van der Waals surface area contributed by atoms with Gasteiger partial charge in [0.2, 0.25) is 5.88 Å². The summed E-state index contributed by atoms with van der Waals surface area (Å²) in [6, 6.07) is 12.0. The van der Waals surface area contributed by atoms with E-state index in [9.17, 15) is 4.79 Å². The van der Waals surface area contributed by atoms with Crippen molar-refractivity contribution in [3.05, 3.63) is 47.5 Å². The van der Waals surface area contributed by atoms with Gasteiger partial charge in [-0.05, 0) is 25.3 Å². The number of carbonyl (C=O) groups excluding carboxylic acids is 1. The first kappa shape index (κ1) is 24.0. The highest BCUT2D eigenvalue weighted by atomic mass is 16.6. The number of pyridine rings is 1. The van der Waals surface area contributed by atoms with Crippen LogP contribution in [0, 0.1) is 12.8 Å². The number of esters is 1. The van der Waals surface area contributed by atoms with Gasteiger partial charge in [0.1, 0.15) is 13.2 Å². The van der Waals surface area contributed by atoms with Gasteiger partial charge in [0.05, 0.1) is 25.3 Å². The number of ether oxygens (including phenoxy) is 3. The summed E-state index contributed by atoms with van der Waals surface area (Å²) in [5, 5.41) is 4.35.